The Balaban J connectivity index is 2.41. The Kier molecular flexibility index (Phi) is 2.70. The van der Waals surface area contributed by atoms with Crippen molar-refractivity contribution in [2.45, 2.75) is 6.10 Å². The second kappa shape index (κ2) is 4.00. The first-order valence-electron chi connectivity index (χ1n) is 4.31. The summed E-state index contributed by atoms with van der Waals surface area (Å²) in [6.45, 7) is 0. The number of H-pyrrole nitrogens is 1. The molecule has 0 amide bonds. The van der Waals surface area contributed by atoms with Crippen LogP contribution in [0.2, 0.25) is 5.02 Å². The lowest BCUT2D eigenvalue weighted by Crippen LogP contribution is -2.03. The molecule has 0 aliphatic carbocycles. The molecule has 0 bridgehead atoms. The standard InChI is InChI=1S/C10H8ClFN2O/c11-8-2-1-6(12)5-7(8)9(15)10-13-3-4-14-10/h1-5,9,15H,(H,13,14). The van der Waals surface area contributed by atoms with Gasteiger partial charge in [0.2, 0.25) is 0 Å². The Morgan fingerprint density at radius 2 is 2.27 bits per heavy atom. The fraction of sp³-hybridized carbons (Fsp3) is 0.100. The van der Waals surface area contributed by atoms with Gasteiger partial charge >= 0.3 is 0 Å². The molecule has 1 atom stereocenters. The molecule has 78 valence electrons. The van der Waals surface area contributed by atoms with E-state index in [0.29, 0.717) is 16.4 Å². The van der Waals surface area contributed by atoms with Gasteiger partial charge in [-0.1, -0.05) is 11.6 Å². The zero-order valence-corrected chi connectivity index (χ0v) is 8.37. The van der Waals surface area contributed by atoms with Crippen molar-refractivity contribution in [3.63, 3.8) is 0 Å². The molecular weight excluding hydrogens is 219 g/mol. The number of hydrogen-bond acceptors (Lipinski definition) is 2. The summed E-state index contributed by atoms with van der Waals surface area (Å²) >= 11 is 5.84. The molecule has 0 aliphatic rings. The van der Waals surface area contributed by atoms with Gasteiger partial charge in [0.05, 0.1) is 0 Å². The van der Waals surface area contributed by atoms with Crippen LogP contribution in [0.3, 0.4) is 0 Å². The van der Waals surface area contributed by atoms with Crippen molar-refractivity contribution in [3.8, 4) is 0 Å². The fourth-order valence-electron chi connectivity index (χ4n) is 1.30. The Morgan fingerprint density at radius 3 is 2.93 bits per heavy atom. The number of halogens is 2. The van der Waals surface area contributed by atoms with Crippen molar-refractivity contribution in [3.05, 3.63) is 52.8 Å². The predicted molar refractivity (Wildman–Crippen MR) is 54.1 cm³/mol. The van der Waals surface area contributed by atoms with Gasteiger partial charge in [-0.05, 0) is 18.2 Å². The van der Waals surface area contributed by atoms with Gasteiger partial charge in [0.25, 0.3) is 0 Å². The van der Waals surface area contributed by atoms with E-state index in [2.05, 4.69) is 9.97 Å². The van der Waals surface area contributed by atoms with Gasteiger partial charge in [-0.2, -0.15) is 0 Å². The second-order valence-electron chi connectivity index (χ2n) is 3.04. The van der Waals surface area contributed by atoms with E-state index in [1.54, 1.807) is 6.20 Å². The number of imidazole rings is 1. The summed E-state index contributed by atoms with van der Waals surface area (Å²) in [6.07, 6.45) is 2.04. The number of aromatic nitrogens is 2. The summed E-state index contributed by atoms with van der Waals surface area (Å²) in [4.78, 5) is 6.62. The van der Waals surface area contributed by atoms with Gasteiger partial charge in [0.1, 0.15) is 17.7 Å². The van der Waals surface area contributed by atoms with E-state index >= 15 is 0 Å². The summed E-state index contributed by atoms with van der Waals surface area (Å²) in [7, 11) is 0. The first-order chi connectivity index (χ1) is 7.18. The third-order valence-corrected chi connectivity index (χ3v) is 2.38. The number of nitrogens with one attached hydrogen (secondary N) is 1. The minimum absolute atomic E-state index is 0.298. The molecule has 0 radical (unpaired) electrons. The maximum atomic E-state index is 12.9. The molecule has 0 saturated carbocycles. The van der Waals surface area contributed by atoms with Crippen LogP contribution in [0, 0.1) is 5.82 Å². The Bertz CT molecular complexity index is 458. The average Bonchev–Trinajstić information content (AvgIpc) is 2.74. The summed E-state index contributed by atoms with van der Waals surface area (Å²) < 4.78 is 12.9. The Hall–Kier alpha value is -1.39. The minimum Gasteiger partial charge on any atom is -0.380 e. The first-order valence-corrected chi connectivity index (χ1v) is 4.68. The lowest BCUT2D eigenvalue weighted by atomic mass is 10.1. The number of aliphatic hydroxyl groups is 1. The number of aliphatic hydroxyl groups excluding tert-OH is 1. The normalized spacial score (nSPS) is 12.7. The van der Waals surface area contributed by atoms with Gasteiger partial charge < -0.3 is 10.1 Å². The zero-order valence-electron chi connectivity index (χ0n) is 7.61. The van der Waals surface area contributed by atoms with Crippen molar-refractivity contribution in [2.75, 3.05) is 0 Å². The number of benzene rings is 1. The third-order valence-electron chi connectivity index (χ3n) is 2.03. The Morgan fingerprint density at radius 1 is 1.47 bits per heavy atom. The number of hydrogen-bond donors (Lipinski definition) is 2. The first kappa shape index (κ1) is 10.1. The smallest absolute Gasteiger partial charge is 0.139 e. The molecular formula is C10H8ClFN2O. The molecule has 1 aromatic carbocycles. The molecule has 0 aliphatic heterocycles. The van der Waals surface area contributed by atoms with Crippen LogP contribution in [0.5, 0.6) is 0 Å². The van der Waals surface area contributed by atoms with E-state index in [9.17, 15) is 9.50 Å². The topological polar surface area (TPSA) is 48.9 Å². The highest BCUT2D eigenvalue weighted by atomic mass is 35.5. The number of rotatable bonds is 2. The summed E-state index contributed by atoms with van der Waals surface area (Å²) in [5.41, 5.74) is 0.298. The third kappa shape index (κ3) is 2.00. The summed E-state index contributed by atoms with van der Waals surface area (Å²) in [5.74, 6) is -0.109. The van der Waals surface area contributed by atoms with Crippen molar-refractivity contribution >= 4 is 11.6 Å². The maximum absolute atomic E-state index is 12.9. The van der Waals surface area contributed by atoms with Crippen molar-refractivity contribution in [2.24, 2.45) is 0 Å². The molecule has 1 aromatic heterocycles. The van der Waals surface area contributed by atoms with Gasteiger partial charge in [-0.25, -0.2) is 9.37 Å². The predicted octanol–water partition coefficient (Wildman–Crippen LogP) is 2.28. The number of aromatic amines is 1. The van der Waals surface area contributed by atoms with E-state index in [4.69, 9.17) is 11.6 Å². The highest BCUT2D eigenvalue weighted by Crippen LogP contribution is 2.26. The van der Waals surface area contributed by atoms with Crippen LogP contribution in [0.15, 0.2) is 30.6 Å². The highest BCUT2D eigenvalue weighted by molar-refractivity contribution is 6.31. The second-order valence-corrected chi connectivity index (χ2v) is 3.45. The fourth-order valence-corrected chi connectivity index (χ4v) is 1.52. The van der Waals surface area contributed by atoms with Crippen LogP contribution in [-0.2, 0) is 0 Å². The highest BCUT2D eigenvalue weighted by Gasteiger charge is 2.16. The maximum Gasteiger partial charge on any atom is 0.139 e. The average molecular weight is 227 g/mol. The van der Waals surface area contributed by atoms with Crippen LogP contribution in [0.1, 0.15) is 17.5 Å². The van der Waals surface area contributed by atoms with E-state index < -0.39 is 11.9 Å². The van der Waals surface area contributed by atoms with E-state index in [1.807, 2.05) is 0 Å². The van der Waals surface area contributed by atoms with E-state index in [0.717, 1.165) is 0 Å². The van der Waals surface area contributed by atoms with Crippen LogP contribution in [-0.4, -0.2) is 15.1 Å². The molecule has 2 rings (SSSR count). The Labute approximate surface area is 90.5 Å². The monoisotopic (exact) mass is 226 g/mol. The molecule has 1 unspecified atom stereocenters. The molecule has 3 nitrogen and oxygen atoms in total. The minimum atomic E-state index is -1.04. The van der Waals surface area contributed by atoms with Gasteiger partial charge in [0.15, 0.2) is 0 Å². The SMILES string of the molecule is OC(c1ncc[nH]1)c1cc(F)ccc1Cl. The van der Waals surface area contributed by atoms with Crippen LogP contribution in [0.4, 0.5) is 4.39 Å². The quantitative estimate of drug-likeness (QED) is 0.826. The van der Waals surface area contributed by atoms with Gasteiger partial charge in [-0.15, -0.1) is 0 Å². The van der Waals surface area contributed by atoms with Crippen molar-refractivity contribution in [1.29, 1.82) is 0 Å². The lowest BCUT2D eigenvalue weighted by molar-refractivity contribution is 0.210. The molecule has 2 aromatic rings. The molecule has 0 spiro atoms. The molecule has 2 N–H and O–H groups in total. The van der Waals surface area contributed by atoms with Crippen LogP contribution in [0.25, 0.3) is 0 Å². The summed E-state index contributed by atoms with van der Waals surface area (Å²) in [5, 5.41) is 10.1. The molecule has 1 heterocycles. The zero-order chi connectivity index (χ0) is 10.8. The van der Waals surface area contributed by atoms with E-state index in [1.165, 1.54) is 24.4 Å². The number of nitrogens with zero attached hydrogens (tertiary/aromatic N) is 1. The van der Waals surface area contributed by atoms with E-state index in [-0.39, 0.29) is 0 Å². The lowest BCUT2D eigenvalue weighted by Gasteiger charge is -2.09. The van der Waals surface area contributed by atoms with Crippen LogP contribution >= 0.6 is 11.6 Å². The van der Waals surface area contributed by atoms with Gasteiger partial charge in [-0.3, -0.25) is 0 Å². The van der Waals surface area contributed by atoms with Crippen molar-refractivity contribution in [1.82, 2.24) is 9.97 Å². The summed E-state index contributed by atoms with van der Waals surface area (Å²) in [6, 6.07) is 3.83. The largest absolute Gasteiger partial charge is 0.380 e. The molecule has 0 fully saturated rings. The van der Waals surface area contributed by atoms with Gasteiger partial charge in [0, 0.05) is 23.0 Å². The van der Waals surface area contributed by atoms with Crippen LogP contribution < -0.4 is 0 Å². The molecule has 5 heteroatoms. The molecule has 0 saturated heterocycles. The van der Waals surface area contributed by atoms with Crippen molar-refractivity contribution < 1.29 is 9.50 Å². The molecule has 15 heavy (non-hydrogen) atoms.